The molecular formula is C54H70N8O7S. The number of nitrogens with one attached hydrogen (secondary N) is 4. The molecule has 0 aliphatic carbocycles. The van der Waals surface area contributed by atoms with Gasteiger partial charge in [-0.1, -0.05) is 70.4 Å². The third kappa shape index (κ3) is 15.4. The van der Waals surface area contributed by atoms with E-state index in [0.29, 0.717) is 62.5 Å². The van der Waals surface area contributed by atoms with Gasteiger partial charge in [0.25, 0.3) is 11.8 Å². The molecule has 0 spiro atoms. The number of hydrogen-bond donors (Lipinski definition) is 5. The van der Waals surface area contributed by atoms with Gasteiger partial charge < -0.3 is 36.2 Å². The van der Waals surface area contributed by atoms with Crippen LogP contribution in [0.3, 0.4) is 0 Å². The third-order valence-corrected chi connectivity index (χ3v) is 14.1. The average Bonchev–Trinajstić information content (AvgIpc) is 3.98. The molecule has 2 saturated heterocycles. The molecule has 16 heteroatoms. The van der Waals surface area contributed by atoms with Gasteiger partial charge in [0.1, 0.15) is 12.1 Å². The number of likely N-dealkylation sites (tertiary alicyclic amines) is 2. The summed E-state index contributed by atoms with van der Waals surface area (Å²) in [6, 6.07) is 16.2. The van der Waals surface area contributed by atoms with E-state index in [1.807, 2.05) is 81.4 Å². The highest BCUT2D eigenvalue weighted by atomic mass is 32.1. The monoisotopic (exact) mass is 975 g/mol. The Morgan fingerprint density at radius 2 is 1.57 bits per heavy atom. The van der Waals surface area contributed by atoms with Crippen molar-refractivity contribution in [2.45, 2.75) is 123 Å². The number of thiazole rings is 1. The summed E-state index contributed by atoms with van der Waals surface area (Å²) in [4.78, 5) is 92.0. The van der Waals surface area contributed by atoms with E-state index >= 15 is 0 Å². The fourth-order valence-electron chi connectivity index (χ4n) is 8.99. The Bertz CT molecular complexity index is 2410. The maximum Gasteiger partial charge on any atom is 0.253 e. The van der Waals surface area contributed by atoms with Gasteiger partial charge in [-0.05, 0) is 110 Å². The van der Waals surface area contributed by atoms with Gasteiger partial charge >= 0.3 is 0 Å². The summed E-state index contributed by atoms with van der Waals surface area (Å²) in [6.07, 6.45) is 12.8. The Morgan fingerprint density at radius 3 is 2.24 bits per heavy atom. The smallest absolute Gasteiger partial charge is 0.253 e. The molecule has 2 fully saturated rings. The second kappa shape index (κ2) is 25.6. The van der Waals surface area contributed by atoms with E-state index < -0.39 is 29.5 Å². The molecule has 5 N–H and O–H groups in total. The van der Waals surface area contributed by atoms with E-state index in [4.69, 9.17) is 0 Å². The number of piperidine rings is 1. The van der Waals surface area contributed by atoms with Crippen LogP contribution >= 0.6 is 11.3 Å². The van der Waals surface area contributed by atoms with Crippen LogP contribution in [0.4, 0.5) is 0 Å². The highest BCUT2D eigenvalue weighted by molar-refractivity contribution is 7.13. The van der Waals surface area contributed by atoms with Crippen molar-refractivity contribution in [3.05, 3.63) is 113 Å². The van der Waals surface area contributed by atoms with E-state index in [1.165, 1.54) is 11.0 Å². The van der Waals surface area contributed by atoms with Crippen LogP contribution in [0.15, 0.2) is 84.6 Å². The van der Waals surface area contributed by atoms with Crippen LogP contribution in [-0.4, -0.2) is 111 Å². The number of aliphatic hydroxyl groups is 1. The lowest BCUT2D eigenvalue weighted by Gasteiger charge is -2.35. The number of aromatic nitrogens is 2. The molecule has 15 nitrogen and oxygen atoms in total. The van der Waals surface area contributed by atoms with Crippen molar-refractivity contribution >= 4 is 52.9 Å². The van der Waals surface area contributed by atoms with Crippen molar-refractivity contribution in [1.29, 1.82) is 0 Å². The standard InChI is InChI=1S/C54H70N8O7S/c1-36(40-16-18-41(19-17-40)48-37(2)58-35-70-48)59-51(67)45-32-44(63)34-62(45)53(69)49(54(3,4)5)60-47(65)14-7-6-9-29-57-50(66)42-20-22-43(23-21-42)52(68)61-30-25-38(26-31-61)12-8-10-28-56-46(64)24-15-39-13-11-27-55-33-39/h11,13,15-24,27,33,35-36,38,44-45,49,63H,6-10,12,14,25-26,28-32,34H2,1-5H3,(H,56,64)(H,57,66)(H,59,67)(H,60,65)/b24-15+/t36-,44+,45-,49+/m0/s1. The number of nitrogens with zero attached hydrogens (tertiary/aromatic N) is 4. The molecule has 4 atom stereocenters. The summed E-state index contributed by atoms with van der Waals surface area (Å²) < 4.78 is 0. The molecule has 0 unspecified atom stereocenters. The molecule has 6 rings (SSSR count). The topological polar surface area (TPSA) is 203 Å². The minimum absolute atomic E-state index is 0.00913. The van der Waals surface area contributed by atoms with Gasteiger partial charge in [0, 0.05) is 75.2 Å². The number of unbranched alkanes of at least 4 members (excludes halogenated alkanes) is 3. The van der Waals surface area contributed by atoms with Crippen molar-refractivity contribution in [3.8, 4) is 10.4 Å². The van der Waals surface area contributed by atoms with Gasteiger partial charge in [0.15, 0.2) is 0 Å². The van der Waals surface area contributed by atoms with Crippen molar-refractivity contribution in [2.75, 3.05) is 32.7 Å². The lowest BCUT2D eigenvalue weighted by molar-refractivity contribution is -0.144. The number of amides is 6. The molecule has 4 heterocycles. The normalized spacial score (nSPS) is 17.2. The fourth-order valence-corrected chi connectivity index (χ4v) is 9.80. The Morgan fingerprint density at radius 1 is 0.871 bits per heavy atom. The van der Waals surface area contributed by atoms with E-state index in [1.54, 1.807) is 54.1 Å². The van der Waals surface area contributed by atoms with Crippen LogP contribution in [0.1, 0.15) is 135 Å². The van der Waals surface area contributed by atoms with Crippen LogP contribution in [-0.2, 0) is 19.2 Å². The minimum Gasteiger partial charge on any atom is -0.391 e. The van der Waals surface area contributed by atoms with Crippen LogP contribution in [0.2, 0.25) is 0 Å². The molecule has 0 saturated carbocycles. The summed E-state index contributed by atoms with van der Waals surface area (Å²) in [5.74, 6) is -0.918. The van der Waals surface area contributed by atoms with Gasteiger partial charge in [-0.25, -0.2) is 4.98 Å². The first-order valence-electron chi connectivity index (χ1n) is 24.7. The predicted octanol–water partition coefficient (Wildman–Crippen LogP) is 7.03. The molecular weight excluding hydrogens is 905 g/mol. The SMILES string of the molecule is Cc1ncsc1-c1ccc([C@H](C)NC(=O)[C@@H]2C[C@@H](O)CN2C(=O)[C@@H](NC(=O)CCCCCNC(=O)c2ccc(C(=O)N3CCC(CCCCNC(=O)/C=C/c4cccnc4)CC3)cc2)C(C)(C)C)cc1. The van der Waals surface area contributed by atoms with Crippen LogP contribution in [0.5, 0.6) is 0 Å². The zero-order valence-corrected chi connectivity index (χ0v) is 42.1. The summed E-state index contributed by atoms with van der Waals surface area (Å²) in [5, 5.41) is 22.5. The quantitative estimate of drug-likeness (QED) is 0.0429. The number of aryl methyl sites for hydroxylation is 1. The molecule has 6 amide bonds. The molecule has 0 bridgehead atoms. The Balaban J connectivity index is 0.853. The first kappa shape index (κ1) is 53.1. The van der Waals surface area contributed by atoms with Gasteiger partial charge in [0.05, 0.1) is 28.2 Å². The van der Waals surface area contributed by atoms with Gasteiger partial charge in [-0.15, -0.1) is 11.3 Å². The van der Waals surface area contributed by atoms with Crippen LogP contribution in [0.25, 0.3) is 16.5 Å². The zero-order valence-electron chi connectivity index (χ0n) is 41.2. The van der Waals surface area contributed by atoms with Crippen molar-refractivity contribution in [1.82, 2.24) is 41.0 Å². The Kier molecular flexibility index (Phi) is 19.4. The number of rotatable bonds is 21. The van der Waals surface area contributed by atoms with Crippen molar-refractivity contribution in [3.63, 3.8) is 0 Å². The van der Waals surface area contributed by atoms with Gasteiger partial charge in [-0.3, -0.25) is 33.8 Å². The molecule has 70 heavy (non-hydrogen) atoms. The number of carbonyl (C=O) groups is 6. The second-order valence-corrected chi connectivity index (χ2v) is 20.5. The molecule has 4 aromatic rings. The van der Waals surface area contributed by atoms with Gasteiger partial charge in [-0.2, -0.15) is 0 Å². The molecule has 2 aromatic heterocycles. The molecule has 2 aromatic carbocycles. The minimum atomic E-state index is -0.920. The number of pyridine rings is 1. The van der Waals surface area contributed by atoms with Crippen LogP contribution in [0, 0.1) is 18.3 Å². The third-order valence-electron chi connectivity index (χ3n) is 13.2. The van der Waals surface area contributed by atoms with Crippen molar-refractivity contribution < 1.29 is 33.9 Å². The largest absolute Gasteiger partial charge is 0.391 e. The zero-order chi connectivity index (χ0) is 50.2. The van der Waals surface area contributed by atoms with E-state index in [9.17, 15) is 33.9 Å². The summed E-state index contributed by atoms with van der Waals surface area (Å²) in [6.45, 7) is 11.8. The Hall–Kier alpha value is -6.26. The van der Waals surface area contributed by atoms with Crippen LogP contribution < -0.4 is 21.3 Å². The van der Waals surface area contributed by atoms with Gasteiger partial charge in [0.2, 0.25) is 23.6 Å². The molecule has 2 aliphatic rings. The molecule has 374 valence electrons. The number of hydrogen-bond acceptors (Lipinski definition) is 10. The number of aliphatic hydroxyl groups excluding tert-OH is 1. The van der Waals surface area contributed by atoms with E-state index in [0.717, 1.165) is 59.4 Å². The lowest BCUT2D eigenvalue weighted by atomic mass is 9.85. The second-order valence-electron chi connectivity index (χ2n) is 19.7. The maximum absolute atomic E-state index is 14.1. The van der Waals surface area contributed by atoms with Crippen molar-refractivity contribution in [2.24, 2.45) is 11.3 Å². The van der Waals surface area contributed by atoms with E-state index in [2.05, 4.69) is 31.2 Å². The first-order valence-corrected chi connectivity index (χ1v) is 25.6. The predicted molar refractivity (Wildman–Crippen MR) is 272 cm³/mol. The summed E-state index contributed by atoms with van der Waals surface area (Å²) in [7, 11) is 0. The number of benzene rings is 2. The molecule has 2 aliphatic heterocycles. The number of carbonyl (C=O) groups excluding carboxylic acids is 6. The first-order chi connectivity index (χ1) is 33.6. The summed E-state index contributed by atoms with van der Waals surface area (Å²) in [5.41, 5.74) is 5.93. The highest BCUT2D eigenvalue weighted by Crippen LogP contribution is 2.30. The Labute approximate surface area is 416 Å². The lowest BCUT2D eigenvalue weighted by Crippen LogP contribution is -2.57. The fraction of sp³-hybridized carbons (Fsp3) is 0.481. The average molecular weight is 975 g/mol. The number of β-amino-alcohol motifs (C(OH)–C–C–N with tert-alkyl or cyclic N) is 1. The summed E-state index contributed by atoms with van der Waals surface area (Å²) >= 11 is 1.57. The molecule has 0 radical (unpaired) electrons. The highest BCUT2D eigenvalue weighted by Gasteiger charge is 2.44. The maximum atomic E-state index is 14.1. The van der Waals surface area contributed by atoms with E-state index in [-0.39, 0.29) is 55.0 Å².